The zero-order valence-electron chi connectivity index (χ0n) is 21.9. The molecule has 0 aromatic heterocycles. The number of carbonyl (C=O) groups is 2. The van der Waals surface area contributed by atoms with Crippen molar-refractivity contribution in [2.24, 2.45) is 15.9 Å². The van der Waals surface area contributed by atoms with Gasteiger partial charge < -0.3 is 9.84 Å². The Labute approximate surface area is 220 Å². The van der Waals surface area contributed by atoms with Gasteiger partial charge in [-0.15, -0.1) is 0 Å². The summed E-state index contributed by atoms with van der Waals surface area (Å²) >= 11 is 0. The molecule has 38 heavy (non-hydrogen) atoms. The normalized spacial score (nSPS) is 19.5. The van der Waals surface area contributed by atoms with Crippen molar-refractivity contribution in [2.75, 3.05) is 26.8 Å². The quantitative estimate of drug-likeness (QED) is 0.270. The Kier molecular flexibility index (Phi) is 8.35. The van der Waals surface area contributed by atoms with Crippen LogP contribution in [0, 0.1) is 16.0 Å². The second kappa shape index (κ2) is 11.7. The van der Waals surface area contributed by atoms with Crippen molar-refractivity contribution in [1.29, 1.82) is 0 Å². The van der Waals surface area contributed by atoms with E-state index in [2.05, 4.69) is 0 Å². The molecule has 1 N–H and O–H groups in total. The monoisotopic (exact) mass is 523 g/mol. The Bertz CT molecular complexity index is 1290. The Morgan fingerprint density at radius 2 is 1.79 bits per heavy atom. The van der Waals surface area contributed by atoms with Gasteiger partial charge in [0.15, 0.2) is 12.2 Å². The Morgan fingerprint density at radius 1 is 1.05 bits per heavy atom. The maximum Gasteiger partial charge on any atom is 0.328 e. The van der Waals surface area contributed by atoms with Gasteiger partial charge in [-0.2, -0.15) is 0 Å². The van der Waals surface area contributed by atoms with E-state index in [4.69, 9.17) is 19.8 Å². The number of carbonyl (C=O) groups excluding carboxylic acids is 2. The van der Waals surface area contributed by atoms with Gasteiger partial charge in [0.25, 0.3) is 11.6 Å². The van der Waals surface area contributed by atoms with E-state index in [0.29, 0.717) is 47.3 Å². The maximum absolute atomic E-state index is 13.0. The van der Waals surface area contributed by atoms with Gasteiger partial charge in [0.1, 0.15) is 12.4 Å². The van der Waals surface area contributed by atoms with Crippen LogP contribution in [0.15, 0.2) is 46.4 Å². The molecule has 0 bridgehead atoms. The molecule has 11 nitrogen and oxygen atoms in total. The van der Waals surface area contributed by atoms with Crippen LogP contribution in [0.2, 0.25) is 0 Å². The van der Waals surface area contributed by atoms with E-state index in [9.17, 15) is 19.7 Å². The fourth-order valence-corrected chi connectivity index (χ4v) is 4.81. The molecule has 3 amide bonds. The number of hydrogen-bond acceptors (Lipinski definition) is 8. The number of nitro groups is 1. The molecule has 2 aliphatic rings. The van der Waals surface area contributed by atoms with Crippen molar-refractivity contribution in [2.45, 2.75) is 51.7 Å². The van der Waals surface area contributed by atoms with Crippen LogP contribution in [-0.2, 0) is 4.79 Å². The predicted octanol–water partition coefficient (Wildman–Crippen LogP) is 3.82. The van der Waals surface area contributed by atoms with Crippen LogP contribution in [0.3, 0.4) is 0 Å². The van der Waals surface area contributed by atoms with Crippen LogP contribution in [0.4, 0.5) is 10.5 Å². The number of amides is 3. The first-order chi connectivity index (χ1) is 18.2. The molecule has 2 unspecified atom stereocenters. The van der Waals surface area contributed by atoms with E-state index in [0.717, 1.165) is 17.7 Å². The number of ether oxygens (including phenoxy) is 1. The number of benzene rings is 2. The van der Waals surface area contributed by atoms with Crippen molar-refractivity contribution in [1.82, 2.24) is 9.80 Å². The minimum Gasteiger partial charge on any atom is -0.487 e. The molecule has 2 aromatic rings. The summed E-state index contributed by atoms with van der Waals surface area (Å²) in [6, 6.07) is 8.71. The molecule has 0 radical (unpaired) electrons. The first-order valence-corrected chi connectivity index (χ1v) is 12.8. The molecule has 11 heteroatoms. The van der Waals surface area contributed by atoms with E-state index in [1.165, 1.54) is 13.1 Å². The zero-order valence-corrected chi connectivity index (χ0v) is 21.9. The van der Waals surface area contributed by atoms with Crippen LogP contribution in [0.5, 0.6) is 5.75 Å². The lowest BCUT2D eigenvalue weighted by atomic mass is 10.0. The fraction of sp³-hybridized carbons (Fsp3) is 0.481. The first-order valence-electron chi connectivity index (χ1n) is 12.8. The summed E-state index contributed by atoms with van der Waals surface area (Å²) in [6.45, 7) is 4.53. The average Bonchev–Trinajstić information content (AvgIpc) is 2.90. The van der Waals surface area contributed by atoms with Crippen molar-refractivity contribution in [3.05, 3.63) is 46.5 Å². The third kappa shape index (κ3) is 5.52. The van der Waals surface area contributed by atoms with Gasteiger partial charge in [0, 0.05) is 31.7 Å². The molecular weight excluding hydrogens is 490 g/mol. The van der Waals surface area contributed by atoms with Gasteiger partial charge in [-0.1, -0.05) is 38.5 Å². The van der Waals surface area contributed by atoms with E-state index in [-0.39, 0.29) is 24.8 Å². The third-order valence-corrected chi connectivity index (χ3v) is 6.69. The summed E-state index contributed by atoms with van der Waals surface area (Å²) in [7, 11) is 1.46. The standard InChI is InChI=1S/C27H33N5O6/c1-17(2)15-31-25-24(26(34)30(3)27(31)35)28-20(11-5-4-8-14-33)21(29-25)16-38-23-13-12-22(32(36)37)18-9-6-7-10-19(18)23/h6-7,9-10,12-13,17,24-25,33H,4-5,8,11,14-16H2,1-3H3. The van der Waals surface area contributed by atoms with Crippen molar-refractivity contribution < 1.29 is 24.4 Å². The maximum atomic E-state index is 13.0. The third-order valence-electron chi connectivity index (χ3n) is 6.69. The molecule has 0 saturated carbocycles. The Morgan fingerprint density at radius 3 is 2.47 bits per heavy atom. The molecule has 0 spiro atoms. The number of aliphatic imine (C=N–C) groups is 2. The van der Waals surface area contributed by atoms with Gasteiger partial charge in [0.05, 0.1) is 21.7 Å². The highest BCUT2D eigenvalue weighted by Crippen LogP contribution is 2.33. The van der Waals surface area contributed by atoms with Crippen molar-refractivity contribution in [3.8, 4) is 5.75 Å². The SMILES string of the molecule is CC(C)CN1C(=O)N(C)C(=O)C2N=C(CCCCCO)C(COc3ccc([N+](=O)[O-])c4ccccc34)=NC21. The molecule has 2 aromatic carbocycles. The number of nitrogens with zero attached hydrogens (tertiary/aromatic N) is 5. The highest BCUT2D eigenvalue weighted by molar-refractivity contribution is 6.43. The van der Waals surface area contributed by atoms with Crippen LogP contribution >= 0.6 is 0 Å². The number of imide groups is 1. The largest absolute Gasteiger partial charge is 0.487 e. The summed E-state index contributed by atoms with van der Waals surface area (Å²) < 4.78 is 6.15. The summed E-state index contributed by atoms with van der Waals surface area (Å²) in [5, 5.41) is 21.7. The topological polar surface area (TPSA) is 138 Å². The lowest BCUT2D eigenvalue weighted by Crippen LogP contribution is -2.64. The number of fused-ring (bicyclic) bond motifs is 2. The lowest BCUT2D eigenvalue weighted by molar-refractivity contribution is -0.383. The highest BCUT2D eigenvalue weighted by atomic mass is 16.6. The first kappa shape index (κ1) is 27.2. The summed E-state index contributed by atoms with van der Waals surface area (Å²) in [4.78, 5) is 49.4. The Balaban J connectivity index is 1.66. The summed E-state index contributed by atoms with van der Waals surface area (Å²) in [5.41, 5.74) is 1.16. The number of rotatable bonds is 11. The number of hydrogen-bond donors (Lipinski definition) is 1. The summed E-state index contributed by atoms with van der Waals surface area (Å²) in [5.74, 6) is 0.231. The molecule has 1 saturated heterocycles. The molecule has 2 aliphatic heterocycles. The highest BCUT2D eigenvalue weighted by Gasteiger charge is 2.47. The van der Waals surface area contributed by atoms with E-state index in [1.54, 1.807) is 35.2 Å². The van der Waals surface area contributed by atoms with Crippen molar-refractivity contribution in [3.63, 3.8) is 0 Å². The minimum atomic E-state index is -0.826. The van der Waals surface area contributed by atoms with Crippen LogP contribution in [-0.4, -0.2) is 82.2 Å². The minimum absolute atomic E-state index is 0.00962. The molecule has 4 rings (SSSR count). The molecule has 2 atom stereocenters. The van der Waals surface area contributed by atoms with E-state index in [1.807, 2.05) is 13.8 Å². The van der Waals surface area contributed by atoms with Crippen LogP contribution in [0.25, 0.3) is 10.8 Å². The van der Waals surface area contributed by atoms with Crippen LogP contribution in [0.1, 0.15) is 39.5 Å². The number of urea groups is 1. The molecule has 202 valence electrons. The van der Waals surface area contributed by atoms with Gasteiger partial charge in [-0.25, -0.2) is 4.79 Å². The van der Waals surface area contributed by atoms with Crippen molar-refractivity contribution >= 4 is 39.8 Å². The lowest BCUT2D eigenvalue weighted by Gasteiger charge is -2.43. The Hall–Kier alpha value is -3.86. The molecule has 0 aliphatic carbocycles. The van der Waals surface area contributed by atoms with E-state index >= 15 is 0 Å². The molecular formula is C27H33N5O6. The predicted molar refractivity (Wildman–Crippen MR) is 144 cm³/mol. The van der Waals surface area contributed by atoms with Gasteiger partial charge >= 0.3 is 6.03 Å². The second-order valence-electron chi connectivity index (χ2n) is 9.94. The number of non-ortho nitro benzene ring substituents is 1. The number of aliphatic hydroxyl groups is 1. The van der Waals surface area contributed by atoms with E-state index < -0.39 is 29.1 Å². The zero-order chi connectivity index (χ0) is 27.4. The van der Waals surface area contributed by atoms with Gasteiger partial charge in [0.2, 0.25) is 0 Å². The number of likely N-dealkylation sites (N-methyl/N-ethyl adjacent to an activating group) is 1. The smallest absolute Gasteiger partial charge is 0.328 e. The average molecular weight is 524 g/mol. The number of nitro benzene ring substituents is 1. The van der Waals surface area contributed by atoms with Gasteiger partial charge in [-0.3, -0.25) is 34.7 Å². The van der Waals surface area contributed by atoms with Gasteiger partial charge in [-0.05, 0) is 37.3 Å². The van der Waals surface area contributed by atoms with Crippen LogP contribution < -0.4 is 4.74 Å². The fourth-order valence-electron chi connectivity index (χ4n) is 4.81. The molecule has 1 fully saturated rings. The second-order valence-corrected chi connectivity index (χ2v) is 9.94. The molecule has 2 heterocycles. The summed E-state index contributed by atoms with van der Waals surface area (Å²) in [6.07, 6.45) is 1.98. The number of aliphatic hydroxyl groups excluding tert-OH is 1. The number of unbranched alkanes of at least 4 members (excludes halogenated alkanes) is 2.